The highest BCUT2D eigenvalue weighted by molar-refractivity contribution is 5.85. The molecule has 0 aliphatic rings. The summed E-state index contributed by atoms with van der Waals surface area (Å²) < 4.78 is 0. The SMILES string of the molecule is CC(NCc1cccc([N+](=O)[O-])c1)c1ccccc1.Cl. The maximum absolute atomic E-state index is 10.7. The van der Waals surface area contributed by atoms with Crippen molar-refractivity contribution < 1.29 is 4.92 Å². The molecule has 0 saturated heterocycles. The molecule has 20 heavy (non-hydrogen) atoms. The fourth-order valence-corrected chi connectivity index (χ4v) is 1.91. The Kier molecular flexibility index (Phi) is 6.15. The van der Waals surface area contributed by atoms with Crippen LogP contribution in [0.3, 0.4) is 0 Å². The van der Waals surface area contributed by atoms with Crippen molar-refractivity contribution >= 4 is 18.1 Å². The first kappa shape index (κ1) is 16.1. The molecule has 0 amide bonds. The molecule has 0 aliphatic heterocycles. The van der Waals surface area contributed by atoms with Crippen LogP contribution in [-0.2, 0) is 6.54 Å². The summed E-state index contributed by atoms with van der Waals surface area (Å²) in [7, 11) is 0. The highest BCUT2D eigenvalue weighted by Gasteiger charge is 2.07. The Morgan fingerprint density at radius 2 is 1.85 bits per heavy atom. The molecule has 106 valence electrons. The first-order valence-electron chi connectivity index (χ1n) is 6.18. The summed E-state index contributed by atoms with van der Waals surface area (Å²) in [5.41, 5.74) is 2.25. The van der Waals surface area contributed by atoms with Gasteiger partial charge in [-0.15, -0.1) is 12.4 Å². The molecule has 0 bridgehead atoms. The number of nitro groups is 1. The molecule has 4 nitrogen and oxygen atoms in total. The largest absolute Gasteiger partial charge is 0.306 e. The molecule has 1 atom stereocenters. The average Bonchev–Trinajstić information content (AvgIpc) is 2.46. The Hall–Kier alpha value is -1.91. The zero-order valence-corrected chi connectivity index (χ0v) is 12.0. The molecule has 5 heteroatoms. The number of rotatable bonds is 5. The van der Waals surface area contributed by atoms with Gasteiger partial charge in [0.15, 0.2) is 0 Å². The van der Waals surface area contributed by atoms with Gasteiger partial charge in [-0.2, -0.15) is 0 Å². The molecule has 0 radical (unpaired) electrons. The predicted molar refractivity (Wildman–Crippen MR) is 82.0 cm³/mol. The van der Waals surface area contributed by atoms with E-state index in [1.807, 2.05) is 24.3 Å². The van der Waals surface area contributed by atoms with Gasteiger partial charge in [0, 0.05) is 24.7 Å². The van der Waals surface area contributed by atoms with Crippen molar-refractivity contribution in [3.05, 3.63) is 75.8 Å². The molecule has 1 unspecified atom stereocenters. The lowest BCUT2D eigenvalue weighted by Crippen LogP contribution is -2.17. The van der Waals surface area contributed by atoms with Gasteiger partial charge in [0.2, 0.25) is 0 Å². The Balaban J connectivity index is 0.00000200. The topological polar surface area (TPSA) is 55.2 Å². The summed E-state index contributed by atoms with van der Waals surface area (Å²) in [4.78, 5) is 10.3. The number of nitrogens with one attached hydrogen (secondary N) is 1. The Morgan fingerprint density at radius 1 is 1.15 bits per heavy atom. The van der Waals surface area contributed by atoms with E-state index in [4.69, 9.17) is 0 Å². The van der Waals surface area contributed by atoms with Crippen LogP contribution in [0.25, 0.3) is 0 Å². The minimum atomic E-state index is -0.371. The van der Waals surface area contributed by atoms with Gasteiger partial charge in [-0.25, -0.2) is 0 Å². The molecule has 0 saturated carbocycles. The minimum Gasteiger partial charge on any atom is -0.306 e. The van der Waals surface area contributed by atoms with Crippen LogP contribution in [0.4, 0.5) is 5.69 Å². The zero-order chi connectivity index (χ0) is 13.7. The van der Waals surface area contributed by atoms with Gasteiger partial charge in [-0.1, -0.05) is 42.5 Å². The summed E-state index contributed by atoms with van der Waals surface area (Å²) in [6, 6.07) is 17.0. The second-order valence-corrected chi connectivity index (χ2v) is 4.44. The smallest absolute Gasteiger partial charge is 0.269 e. The van der Waals surface area contributed by atoms with Crippen LogP contribution >= 0.6 is 12.4 Å². The lowest BCUT2D eigenvalue weighted by atomic mass is 10.1. The molecule has 0 fully saturated rings. The van der Waals surface area contributed by atoms with Crippen LogP contribution in [0, 0.1) is 10.1 Å². The van der Waals surface area contributed by atoms with Gasteiger partial charge in [-0.05, 0) is 18.1 Å². The molecule has 2 rings (SSSR count). The third kappa shape index (κ3) is 4.33. The van der Waals surface area contributed by atoms with Gasteiger partial charge in [0.25, 0.3) is 5.69 Å². The van der Waals surface area contributed by atoms with Crippen molar-refractivity contribution in [2.45, 2.75) is 19.5 Å². The summed E-state index contributed by atoms with van der Waals surface area (Å²) in [6.45, 7) is 2.68. The fraction of sp³-hybridized carbons (Fsp3) is 0.200. The maximum atomic E-state index is 10.7. The van der Waals surface area contributed by atoms with E-state index >= 15 is 0 Å². The normalized spacial score (nSPS) is 11.4. The van der Waals surface area contributed by atoms with E-state index in [1.54, 1.807) is 12.1 Å². The molecule has 0 aromatic heterocycles. The van der Waals surface area contributed by atoms with Crippen molar-refractivity contribution in [2.75, 3.05) is 0 Å². The molecule has 2 aromatic carbocycles. The van der Waals surface area contributed by atoms with Crippen LogP contribution in [0.15, 0.2) is 54.6 Å². The van der Waals surface area contributed by atoms with Crippen molar-refractivity contribution in [3.63, 3.8) is 0 Å². The van der Waals surface area contributed by atoms with E-state index in [0.29, 0.717) is 6.54 Å². The highest BCUT2D eigenvalue weighted by atomic mass is 35.5. The number of hydrogen-bond acceptors (Lipinski definition) is 3. The molecule has 0 aliphatic carbocycles. The van der Waals surface area contributed by atoms with E-state index in [2.05, 4.69) is 24.4 Å². The second kappa shape index (κ2) is 7.62. The number of hydrogen-bond donors (Lipinski definition) is 1. The summed E-state index contributed by atoms with van der Waals surface area (Å²) >= 11 is 0. The molecule has 1 N–H and O–H groups in total. The predicted octanol–water partition coefficient (Wildman–Crippen LogP) is 3.87. The Morgan fingerprint density at radius 3 is 2.50 bits per heavy atom. The summed E-state index contributed by atoms with van der Waals surface area (Å²) in [5, 5.41) is 14.1. The number of halogens is 1. The number of nitrogens with zero attached hydrogens (tertiary/aromatic N) is 1. The van der Waals surface area contributed by atoms with Crippen LogP contribution in [0.2, 0.25) is 0 Å². The Labute approximate surface area is 124 Å². The second-order valence-electron chi connectivity index (χ2n) is 4.44. The third-order valence-corrected chi connectivity index (χ3v) is 3.03. The van der Waals surface area contributed by atoms with E-state index in [-0.39, 0.29) is 29.1 Å². The van der Waals surface area contributed by atoms with Crippen molar-refractivity contribution in [3.8, 4) is 0 Å². The van der Waals surface area contributed by atoms with Crippen molar-refractivity contribution in [2.24, 2.45) is 0 Å². The van der Waals surface area contributed by atoms with E-state index in [0.717, 1.165) is 5.56 Å². The zero-order valence-electron chi connectivity index (χ0n) is 11.2. The van der Waals surface area contributed by atoms with Crippen LogP contribution in [-0.4, -0.2) is 4.92 Å². The van der Waals surface area contributed by atoms with Crippen LogP contribution in [0.1, 0.15) is 24.1 Å². The fourth-order valence-electron chi connectivity index (χ4n) is 1.91. The molecule has 0 spiro atoms. The number of non-ortho nitro benzene ring substituents is 1. The first-order valence-corrected chi connectivity index (χ1v) is 6.18. The van der Waals surface area contributed by atoms with Crippen LogP contribution < -0.4 is 5.32 Å². The highest BCUT2D eigenvalue weighted by Crippen LogP contribution is 2.15. The van der Waals surface area contributed by atoms with Gasteiger partial charge < -0.3 is 5.32 Å². The molecule has 0 heterocycles. The van der Waals surface area contributed by atoms with Gasteiger partial charge in [0.05, 0.1) is 4.92 Å². The van der Waals surface area contributed by atoms with Crippen molar-refractivity contribution in [1.29, 1.82) is 0 Å². The third-order valence-electron chi connectivity index (χ3n) is 3.03. The summed E-state index contributed by atoms with van der Waals surface area (Å²) in [5.74, 6) is 0. The van der Waals surface area contributed by atoms with Gasteiger partial charge in [0.1, 0.15) is 0 Å². The maximum Gasteiger partial charge on any atom is 0.269 e. The molecule has 2 aromatic rings. The lowest BCUT2D eigenvalue weighted by molar-refractivity contribution is -0.384. The standard InChI is InChI=1S/C15H16N2O2.ClH/c1-12(14-7-3-2-4-8-14)16-11-13-6-5-9-15(10-13)17(18)19;/h2-10,12,16H,11H2,1H3;1H. The average molecular weight is 293 g/mol. The molecular formula is C15H17ClN2O2. The van der Waals surface area contributed by atoms with E-state index in [9.17, 15) is 10.1 Å². The minimum absolute atomic E-state index is 0. The first-order chi connectivity index (χ1) is 9.16. The van der Waals surface area contributed by atoms with Crippen molar-refractivity contribution in [1.82, 2.24) is 5.32 Å². The van der Waals surface area contributed by atoms with E-state index in [1.165, 1.54) is 11.6 Å². The number of benzene rings is 2. The Bertz CT molecular complexity index is 561. The quantitative estimate of drug-likeness (QED) is 0.672. The molecular weight excluding hydrogens is 276 g/mol. The monoisotopic (exact) mass is 292 g/mol. The van der Waals surface area contributed by atoms with Crippen LogP contribution in [0.5, 0.6) is 0 Å². The lowest BCUT2D eigenvalue weighted by Gasteiger charge is -2.14. The number of nitro benzene ring substituents is 1. The van der Waals surface area contributed by atoms with E-state index < -0.39 is 0 Å². The van der Waals surface area contributed by atoms with Gasteiger partial charge in [-0.3, -0.25) is 10.1 Å². The summed E-state index contributed by atoms with van der Waals surface area (Å²) in [6.07, 6.45) is 0. The van der Waals surface area contributed by atoms with Gasteiger partial charge >= 0.3 is 0 Å².